The second kappa shape index (κ2) is 7.55. The van der Waals surface area contributed by atoms with Crippen LogP contribution in [-0.2, 0) is 0 Å². The molecule has 0 aliphatic rings. The molecule has 0 amide bonds. The van der Waals surface area contributed by atoms with E-state index in [0.29, 0.717) is 35.0 Å². The molecule has 0 saturated heterocycles. The van der Waals surface area contributed by atoms with Crippen LogP contribution in [0.1, 0.15) is 10.4 Å². The van der Waals surface area contributed by atoms with Crippen molar-refractivity contribution in [1.82, 2.24) is 0 Å². The second-order valence-electron chi connectivity index (χ2n) is 4.15. The van der Waals surface area contributed by atoms with Gasteiger partial charge in [0.25, 0.3) is 0 Å². The highest BCUT2D eigenvalue weighted by molar-refractivity contribution is 6.31. The number of aldehydes is 1. The molecule has 0 spiro atoms. The van der Waals surface area contributed by atoms with Gasteiger partial charge in [0.15, 0.2) is 17.8 Å². The van der Waals surface area contributed by atoms with Crippen LogP contribution in [0.5, 0.6) is 17.2 Å². The minimum Gasteiger partial charge on any atom is -0.493 e. The quantitative estimate of drug-likeness (QED) is 0.579. The van der Waals surface area contributed by atoms with Crippen LogP contribution >= 0.6 is 11.6 Å². The first-order chi connectivity index (χ1) is 10.2. The van der Waals surface area contributed by atoms with Crippen LogP contribution in [-0.4, -0.2) is 26.6 Å². The molecule has 0 aromatic heterocycles. The molecule has 2 aromatic carbocycles. The Hall–Kier alpha value is -2.20. The molecule has 21 heavy (non-hydrogen) atoms. The van der Waals surface area contributed by atoms with E-state index in [2.05, 4.69) is 0 Å². The van der Waals surface area contributed by atoms with Crippen LogP contribution in [0.3, 0.4) is 0 Å². The van der Waals surface area contributed by atoms with Gasteiger partial charge < -0.3 is 14.2 Å². The molecular weight excluding hydrogens is 292 g/mol. The standard InChI is InChI=1S/C16H15ClO4/c1-19-15-10-13(17)9-12(11-18)16(15)21-8-7-20-14-5-3-2-4-6-14/h2-6,9-11H,7-8H2,1H3. The maximum absolute atomic E-state index is 11.1. The van der Waals surface area contributed by atoms with E-state index in [4.69, 9.17) is 25.8 Å². The van der Waals surface area contributed by atoms with Crippen LogP contribution in [0, 0.1) is 0 Å². The molecule has 2 rings (SSSR count). The Kier molecular flexibility index (Phi) is 5.46. The molecule has 2 aromatic rings. The zero-order chi connectivity index (χ0) is 15.1. The van der Waals surface area contributed by atoms with Crippen molar-refractivity contribution in [2.75, 3.05) is 20.3 Å². The van der Waals surface area contributed by atoms with Crippen LogP contribution < -0.4 is 14.2 Å². The number of halogens is 1. The van der Waals surface area contributed by atoms with E-state index in [0.717, 1.165) is 5.75 Å². The highest BCUT2D eigenvalue weighted by atomic mass is 35.5. The van der Waals surface area contributed by atoms with Crippen molar-refractivity contribution in [2.24, 2.45) is 0 Å². The van der Waals surface area contributed by atoms with E-state index < -0.39 is 0 Å². The second-order valence-corrected chi connectivity index (χ2v) is 4.59. The van der Waals surface area contributed by atoms with E-state index in [9.17, 15) is 4.79 Å². The van der Waals surface area contributed by atoms with Crippen LogP contribution in [0.4, 0.5) is 0 Å². The summed E-state index contributed by atoms with van der Waals surface area (Å²) in [5.41, 5.74) is 0.346. The highest BCUT2D eigenvalue weighted by Gasteiger charge is 2.12. The summed E-state index contributed by atoms with van der Waals surface area (Å²) in [6.07, 6.45) is 0.682. The molecule has 110 valence electrons. The molecule has 0 heterocycles. The lowest BCUT2D eigenvalue weighted by Gasteiger charge is -2.13. The zero-order valence-electron chi connectivity index (χ0n) is 11.5. The first kappa shape index (κ1) is 15.2. The maximum Gasteiger partial charge on any atom is 0.171 e. The van der Waals surface area contributed by atoms with E-state index in [1.165, 1.54) is 13.2 Å². The Bertz CT molecular complexity index is 599. The summed E-state index contributed by atoms with van der Waals surface area (Å²) < 4.78 is 16.3. The first-order valence-electron chi connectivity index (χ1n) is 6.38. The van der Waals surface area contributed by atoms with Crippen LogP contribution in [0.15, 0.2) is 42.5 Å². The summed E-state index contributed by atoms with van der Waals surface area (Å²) >= 11 is 5.90. The molecule has 0 fully saturated rings. The van der Waals surface area contributed by atoms with Gasteiger partial charge in [0.2, 0.25) is 0 Å². The van der Waals surface area contributed by atoms with E-state index in [1.807, 2.05) is 30.3 Å². The molecule has 0 bridgehead atoms. The van der Waals surface area contributed by atoms with Gasteiger partial charge in [-0.1, -0.05) is 29.8 Å². The monoisotopic (exact) mass is 306 g/mol. The summed E-state index contributed by atoms with van der Waals surface area (Å²) in [5.74, 6) is 1.55. The van der Waals surface area contributed by atoms with Crippen LogP contribution in [0.2, 0.25) is 5.02 Å². The Morgan fingerprint density at radius 2 is 1.81 bits per heavy atom. The first-order valence-corrected chi connectivity index (χ1v) is 6.75. The average molecular weight is 307 g/mol. The van der Waals surface area contributed by atoms with E-state index >= 15 is 0 Å². The number of benzene rings is 2. The number of methoxy groups -OCH3 is 1. The third-order valence-electron chi connectivity index (χ3n) is 2.74. The average Bonchev–Trinajstić information content (AvgIpc) is 2.52. The van der Waals surface area contributed by atoms with E-state index in [1.54, 1.807) is 6.07 Å². The van der Waals surface area contributed by atoms with Gasteiger partial charge in [-0.25, -0.2) is 0 Å². The predicted molar refractivity (Wildman–Crippen MR) is 80.8 cm³/mol. The largest absolute Gasteiger partial charge is 0.493 e. The summed E-state index contributed by atoms with van der Waals surface area (Å²) in [5, 5.41) is 0.418. The lowest BCUT2D eigenvalue weighted by atomic mass is 10.2. The fraction of sp³-hybridized carbons (Fsp3) is 0.188. The number of rotatable bonds is 7. The van der Waals surface area contributed by atoms with Gasteiger partial charge in [0.1, 0.15) is 19.0 Å². The van der Waals surface area contributed by atoms with Gasteiger partial charge in [-0.3, -0.25) is 4.79 Å². The number of hydrogen-bond donors (Lipinski definition) is 0. The fourth-order valence-corrected chi connectivity index (χ4v) is 2.02. The Morgan fingerprint density at radius 1 is 1.10 bits per heavy atom. The maximum atomic E-state index is 11.1. The molecule has 0 saturated carbocycles. The van der Waals surface area contributed by atoms with Crippen molar-refractivity contribution in [2.45, 2.75) is 0 Å². The number of carbonyl (C=O) groups is 1. The Labute approximate surface area is 128 Å². The lowest BCUT2D eigenvalue weighted by Crippen LogP contribution is -2.10. The molecule has 0 aliphatic heterocycles. The summed E-state index contributed by atoms with van der Waals surface area (Å²) in [7, 11) is 1.49. The minimum atomic E-state index is 0.285. The predicted octanol–water partition coefficient (Wildman–Crippen LogP) is 3.62. The SMILES string of the molecule is COc1cc(Cl)cc(C=O)c1OCCOc1ccccc1. The third-order valence-corrected chi connectivity index (χ3v) is 2.96. The topological polar surface area (TPSA) is 44.8 Å². The highest BCUT2D eigenvalue weighted by Crippen LogP contribution is 2.33. The van der Waals surface area contributed by atoms with E-state index in [-0.39, 0.29) is 6.61 Å². The molecule has 5 heteroatoms. The molecule has 0 radical (unpaired) electrons. The number of para-hydroxylation sites is 1. The third kappa shape index (κ3) is 4.13. The normalized spacial score (nSPS) is 10.0. The van der Waals surface area contributed by atoms with Crippen molar-refractivity contribution in [3.63, 3.8) is 0 Å². The molecule has 0 unspecified atom stereocenters. The van der Waals surface area contributed by atoms with Gasteiger partial charge in [-0.05, 0) is 18.2 Å². The van der Waals surface area contributed by atoms with Gasteiger partial charge in [0, 0.05) is 11.1 Å². The van der Waals surface area contributed by atoms with Crippen molar-refractivity contribution in [3.05, 3.63) is 53.1 Å². The van der Waals surface area contributed by atoms with Gasteiger partial charge in [0.05, 0.1) is 12.7 Å². The lowest BCUT2D eigenvalue weighted by molar-refractivity contribution is 0.111. The number of hydrogen-bond acceptors (Lipinski definition) is 4. The molecule has 4 nitrogen and oxygen atoms in total. The summed E-state index contributed by atoms with van der Waals surface area (Å²) in [6, 6.07) is 12.6. The van der Waals surface area contributed by atoms with Crippen molar-refractivity contribution >= 4 is 17.9 Å². The summed E-state index contributed by atoms with van der Waals surface area (Å²) in [6.45, 7) is 0.641. The number of ether oxygens (including phenoxy) is 3. The van der Waals surface area contributed by atoms with Crippen molar-refractivity contribution in [1.29, 1.82) is 0 Å². The Morgan fingerprint density at radius 3 is 2.48 bits per heavy atom. The van der Waals surface area contributed by atoms with Crippen molar-refractivity contribution < 1.29 is 19.0 Å². The number of carbonyl (C=O) groups excluding carboxylic acids is 1. The van der Waals surface area contributed by atoms with Crippen LogP contribution in [0.25, 0.3) is 0 Å². The molecule has 0 aliphatic carbocycles. The van der Waals surface area contributed by atoms with Gasteiger partial charge in [-0.2, -0.15) is 0 Å². The summed E-state index contributed by atoms with van der Waals surface area (Å²) in [4.78, 5) is 11.1. The smallest absolute Gasteiger partial charge is 0.171 e. The van der Waals surface area contributed by atoms with Crippen molar-refractivity contribution in [3.8, 4) is 17.2 Å². The molecular formula is C16H15ClO4. The molecule has 0 N–H and O–H groups in total. The fourth-order valence-electron chi connectivity index (χ4n) is 1.80. The Balaban J connectivity index is 1.98. The van der Waals surface area contributed by atoms with Gasteiger partial charge in [-0.15, -0.1) is 0 Å². The van der Waals surface area contributed by atoms with Gasteiger partial charge >= 0.3 is 0 Å². The minimum absolute atomic E-state index is 0.285. The zero-order valence-corrected chi connectivity index (χ0v) is 12.3. The molecule has 0 atom stereocenters.